The van der Waals surface area contributed by atoms with E-state index in [1.54, 1.807) is 0 Å². The highest BCUT2D eigenvalue weighted by atomic mass is 16.5. The van der Waals surface area contributed by atoms with Crippen molar-refractivity contribution in [1.82, 2.24) is 4.98 Å². The number of carbonyl (C=O) groups excluding carboxylic acids is 1. The molecule has 1 heterocycles. The van der Waals surface area contributed by atoms with Gasteiger partial charge in [-0.15, -0.1) is 0 Å². The number of aromatic nitrogens is 1. The standard InChI is InChI=1S/C14H23NO2/c1-5-8-9-11-10(4)12(6-2)15-13(11)14(16)17-7-3/h15H,5-9H2,1-4H3. The molecule has 1 rings (SSSR count). The van der Waals surface area contributed by atoms with Gasteiger partial charge in [0.15, 0.2) is 0 Å². The average molecular weight is 237 g/mol. The van der Waals surface area contributed by atoms with Gasteiger partial charge in [0, 0.05) is 5.69 Å². The average Bonchev–Trinajstić information content (AvgIpc) is 2.64. The van der Waals surface area contributed by atoms with E-state index in [1.165, 1.54) is 5.56 Å². The van der Waals surface area contributed by atoms with Gasteiger partial charge in [0.25, 0.3) is 0 Å². The normalized spacial score (nSPS) is 10.6. The number of ether oxygens (including phenoxy) is 1. The van der Waals surface area contributed by atoms with Crippen molar-refractivity contribution in [3.63, 3.8) is 0 Å². The number of nitrogens with one attached hydrogen (secondary N) is 1. The lowest BCUT2D eigenvalue weighted by molar-refractivity contribution is 0.0518. The van der Waals surface area contributed by atoms with Crippen LogP contribution in [0.15, 0.2) is 0 Å². The van der Waals surface area contributed by atoms with E-state index in [2.05, 4.69) is 25.8 Å². The maximum absolute atomic E-state index is 11.9. The minimum Gasteiger partial charge on any atom is -0.461 e. The van der Waals surface area contributed by atoms with Crippen LogP contribution in [0, 0.1) is 6.92 Å². The first-order valence-corrected chi connectivity index (χ1v) is 6.53. The van der Waals surface area contributed by atoms with Gasteiger partial charge in [-0.1, -0.05) is 20.3 Å². The molecule has 0 aliphatic heterocycles. The number of aryl methyl sites for hydroxylation is 1. The van der Waals surface area contributed by atoms with E-state index < -0.39 is 0 Å². The fourth-order valence-corrected chi connectivity index (χ4v) is 2.09. The molecule has 0 amide bonds. The largest absolute Gasteiger partial charge is 0.461 e. The molecule has 0 aliphatic carbocycles. The van der Waals surface area contributed by atoms with Crippen molar-refractivity contribution in [2.24, 2.45) is 0 Å². The Labute approximate surface area is 104 Å². The van der Waals surface area contributed by atoms with E-state index in [-0.39, 0.29) is 5.97 Å². The Morgan fingerprint density at radius 3 is 2.53 bits per heavy atom. The van der Waals surface area contributed by atoms with E-state index in [0.717, 1.165) is 36.9 Å². The van der Waals surface area contributed by atoms with Crippen LogP contribution in [0.1, 0.15) is 60.9 Å². The van der Waals surface area contributed by atoms with Crippen molar-refractivity contribution in [3.05, 3.63) is 22.5 Å². The highest BCUT2D eigenvalue weighted by molar-refractivity contribution is 5.90. The molecule has 1 aromatic heterocycles. The quantitative estimate of drug-likeness (QED) is 0.770. The monoisotopic (exact) mass is 237 g/mol. The van der Waals surface area contributed by atoms with Gasteiger partial charge in [-0.2, -0.15) is 0 Å². The zero-order valence-electron chi connectivity index (χ0n) is 11.4. The van der Waals surface area contributed by atoms with Crippen molar-refractivity contribution in [1.29, 1.82) is 0 Å². The highest BCUT2D eigenvalue weighted by Crippen LogP contribution is 2.22. The molecule has 17 heavy (non-hydrogen) atoms. The van der Waals surface area contributed by atoms with Crippen LogP contribution < -0.4 is 0 Å². The molecule has 0 saturated carbocycles. The summed E-state index contributed by atoms with van der Waals surface area (Å²) >= 11 is 0. The summed E-state index contributed by atoms with van der Waals surface area (Å²) in [6.45, 7) is 8.60. The van der Waals surface area contributed by atoms with Crippen LogP contribution in [-0.2, 0) is 17.6 Å². The topological polar surface area (TPSA) is 42.1 Å². The molecule has 3 nitrogen and oxygen atoms in total. The minimum absolute atomic E-state index is 0.221. The first kappa shape index (κ1) is 13.8. The summed E-state index contributed by atoms with van der Waals surface area (Å²) in [6, 6.07) is 0. The number of hydrogen-bond donors (Lipinski definition) is 1. The van der Waals surface area contributed by atoms with Gasteiger partial charge < -0.3 is 9.72 Å². The third-order valence-electron chi connectivity index (χ3n) is 3.10. The second kappa shape index (κ2) is 6.48. The molecule has 1 N–H and O–H groups in total. The van der Waals surface area contributed by atoms with Crippen LogP contribution in [0.4, 0.5) is 0 Å². The van der Waals surface area contributed by atoms with E-state index in [0.29, 0.717) is 12.3 Å². The molecule has 0 radical (unpaired) electrons. The van der Waals surface area contributed by atoms with Crippen LogP contribution in [0.2, 0.25) is 0 Å². The van der Waals surface area contributed by atoms with Gasteiger partial charge in [0.2, 0.25) is 0 Å². The van der Waals surface area contributed by atoms with Crippen molar-refractivity contribution in [2.75, 3.05) is 6.61 Å². The first-order valence-electron chi connectivity index (χ1n) is 6.53. The highest BCUT2D eigenvalue weighted by Gasteiger charge is 2.19. The van der Waals surface area contributed by atoms with Crippen LogP contribution in [-0.4, -0.2) is 17.6 Å². The predicted octanol–water partition coefficient (Wildman–Crippen LogP) is 3.40. The summed E-state index contributed by atoms with van der Waals surface area (Å²) in [5.74, 6) is -0.221. The Morgan fingerprint density at radius 1 is 1.29 bits per heavy atom. The van der Waals surface area contributed by atoms with Crippen molar-refractivity contribution in [2.45, 2.75) is 53.4 Å². The smallest absolute Gasteiger partial charge is 0.355 e. The summed E-state index contributed by atoms with van der Waals surface area (Å²) < 4.78 is 5.09. The van der Waals surface area contributed by atoms with E-state index in [1.807, 2.05) is 6.92 Å². The molecule has 96 valence electrons. The molecule has 0 unspecified atom stereocenters. The lowest BCUT2D eigenvalue weighted by Gasteiger charge is -2.04. The minimum atomic E-state index is -0.221. The third kappa shape index (κ3) is 3.11. The van der Waals surface area contributed by atoms with Crippen molar-refractivity contribution >= 4 is 5.97 Å². The number of hydrogen-bond acceptors (Lipinski definition) is 2. The first-order chi connectivity index (χ1) is 8.15. The second-order valence-electron chi connectivity index (χ2n) is 4.26. The molecule has 0 atom stereocenters. The molecule has 0 aromatic carbocycles. The molecule has 1 aromatic rings. The van der Waals surface area contributed by atoms with Crippen LogP contribution in [0.5, 0.6) is 0 Å². The lowest BCUT2D eigenvalue weighted by Crippen LogP contribution is -2.08. The van der Waals surface area contributed by atoms with Crippen LogP contribution >= 0.6 is 0 Å². The van der Waals surface area contributed by atoms with Crippen molar-refractivity contribution < 1.29 is 9.53 Å². The van der Waals surface area contributed by atoms with Crippen LogP contribution in [0.3, 0.4) is 0 Å². The fourth-order valence-electron chi connectivity index (χ4n) is 2.09. The van der Waals surface area contributed by atoms with E-state index in [9.17, 15) is 4.79 Å². The third-order valence-corrected chi connectivity index (χ3v) is 3.10. The molecule has 0 fully saturated rings. The van der Waals surface area contributed by atoms with Gasteiger partial charge in [-0.3, -0.25) is 0 Å². The summed E-state index contributed by atoms with van der Waals surface area (Å²) in [4.78, 5) is 15.1. The molecule has 0 spiro atoms. The maximum Gasteiger partial charge on any atom is 0.355 e. The number of carbonyl (C=O) groups is 1. The Morgan fingerprint density at radius 2 is 2.00 bits per heavy atom. The van der Waals surface area contributed by atoms with Gasteiger partial charge >= 0.3 is 5.97 Å². The van der Waals surface area contributed by atoms with Gasteiger partial charge in [-0.25, -0.2) is 4.79 Å². The van der Waals surface area contributed by atoms with Crippen LogP contribution in [0.25, 0.3) is 0 Å². The number of aromatic amines is 1. The SMILES string of the molecule is CCCCc1c(C(=O)OCC)[nH]c(CC)c1C. The summed E-state index contributed by atoms with van der Waals surface area (Å²) in [5, 5.41) is 0. The Balaban J connectivity index is 3.04. The second-order valence-corrected chi connectivity index (χ2v) is 4.26. The summed E-state index contributed by atoms with van der Waals surface area (Å²) in [7, 11) is 0. The van der Waals surface area contributed by atoms with E-state index in [4.69, 9.17) is 4.74 Å². The number of rotatable bonds is 6. The van der Waals surface area contributed by atoms with Crippen molar-refractivity contribution in [3.8, 4) is 0 Å². The Hall–Kier alpha value is -1.25. The predicted molar refractivity (Wildman–Crippen MR) is 69.5 cm³/mol. The van der Waals surface area contributed by atoms with E-state index >= 15 is 0 Å². The molecule has 0 bridgehead atoms. The lowest BCUT2D eigenvalue weighted by atomic mass is 10.0. The number of unbranched alkanes of at least 4 members (excludes halogenated alkanes) is 1. The van der Waals surface area contributed by atoms with Gasteiger partial charge in [0.05, 0.1) is 6.61 Å². The summed E-state index contributed by atoms with van der Waals surface area (Å²) in [5.41, 5.74) is 4.18. The molecular weight excluding hydrogens is 214 g/mol. The molecule has 0 saturated heterocycles. The fraction of sp³-hybridized carbons (Fsp3) is 0.643. The zero-order chi connectivity index (χ0) is 12.8. The molecule has 0 aliphatic rings. The number of esters is 1. The number of H-pyrrole nitrogens is 1. The van der Waals surface area contributed by atoms with Gasteiger partial charge in [0.1, 0.15) is 5.69 Å². The summed E-state index contributed by atoms with van der Waals surface area (Å²) in [6.07, 6.45) is 4.11. The van der Waals surface area contributed by atoms with Gasteiger partial charge in [-0.05, 0) is 44.2 Å². The molecular formula is C14H23NO2. The molecule has 3 heteroatoms. The maximum atomic E-state index is 11.9. The zero-order valence-corrected chi connectivity index (χ0v) is 11.4. The Kier molecular flexibility index (Phi) is 5.26. The Bertz CT molecular complexity index is 380.